The average molecular weight is 361 g/mol. The SMILES string of the molecule is COc1ncc(-c2noc(N3CCC(C(=O)OC(C)(C)C)CC3)n2)cn1. The first kappa shape index (κ1) is 18.1. The molecule has 9 heteroatoms. The molecule has 0 N–H and O–H groups in total. The Balaban J connectivity index is 1.60. The Morgan fingerprint density at radius 1 is 1.23 bits per heavy atom. The number of methoxy groups -OCH3 is 1. The molecule has 3 rings (SSSR count). The van der Waals surface area contributed by atoms with Gasteiger partial charge in [-0.05, 0) is 33.6 Å². The topological polar surface area (TPSA) is 103 Å². The Kier molecular flexibility index (Phi) is 5.06. The zero-order valence-electron chi connectivity index (χ0n) is 15.4. The summed E-state index contributed by atoms with van der Waals surface area (Å²) < 4.78 is 15.8. The molecular formula is C17H23N5O4. The Bertz CT molecular complexity index is 745. The molecule has 0 amide bonds. The Morgan fingerprint density at radius 3 is 2.46 bits per heavy atom. The summed E-state index contributed by atoms with van der Waals surface area (Å²) in [5.74, 6) is 0.179. The molecule has 0 spiro atoms. The molecule has 1 fully saturated rings. The molecule has 0 saturated carbocycles. The number of rotatable bonds is 4. The van der Waals surface area contributed by atoms with Crippen molar-refractivity contribution in [2.75, 3.05) is 25.1 Å². The maximum atomic E-state index is 12.2. The van der Waals surface area contributed by atoms with E-state index in [1.165, 1.54) is 7.11 Å². The number of nitrogens with zero attached hydrogens (tertiary/aromatic N) is 5. The summed E-state index contributed by atoms with van der Waals surface area (Å²) >= 11 is 0. The van der Waals surface area contributed by atoms with E-state index < -0.39 is 5.60 Å². The van der Waals surface area contributed by atoms with Crippen LogP contribution in [-0.2, 0) is 9.53 Å². The van der Waals surface area contributed by atoms with Crippen LogP contribution in [0.5, 0.6) is 6.01 Å². The highest BCUT2D eigenvalue weighted by molar-refractivity contribution is 5.73. The zero-order chi connectivity index (χ0) is 18.7. The number of hydrogen-bond donors (Lipinski definition) is 0. The van der Waals surface area contributed by atoms with Crippen molar-refractivity contribution in [3.8, 4) is 17.4 Å². The number of anilines is 1. The normalized spacial score (nSPS) is 15.8. The third kappa shape index (κ3) is 4.27. The van der Waals surface area contributed by atoms with Crippen molar-refractivity contribution in [2.24, 2.45) is 5.92 Å². The fraction of sp³-hybridized carbons (Fsp3) is 0.588. The van der Waals surface area contributed by atoms with Gasteiger partial charge in [-0.15, -0.1) is 0 Å². The second-order valence-electron chi connectivity index (χ2n) is 7.15. The second-order valence-corrected chi connectivity index (χ2v) is 7.15. The van der Waals surface area contributed by atoms with Crippen LogP contribution >= 0.6 is 0 Å². The highest BCUT2D eigenvalue weighted by atomic mass is 16.6. The summed E-state index contributed by atoms with van der Waals surface area (Å²) in [5.41, 5.74) is 0.181. The van der Waals surface area contributed by atoms with E-state index in [4.69, 9.17) is 14.0 Å². The Labute approximate surface area is 151 Å². The highest BCUT2D eigenvalue weighted by Crippen LogP contribution is 2.26. The van der Waals surface area contributed by atoms with Gasteiger partial charge in [0.05, 0.1) is 18.6 Å². The van der Waals surface area contributed by atoms with Crippen LogP contribution in [0.1, 0.15) is 33.6 Å². The van der Waals surface area contributed by atoms with Gasteiger partial charge in [0.15, 0.2) is 0 Å². The van der Waals surface area contributed by atoms with Crippen molar-refractivity contribution >= 4 is 12.0 Å². The molecule has 9 nitrogen and oxygen atoms in total. The predicted molar refractivity (Wildman–Crippen MR) is 92.7 cm³/mol. The lowest BCUT2D eigenvalue weighted by molar-refractivity contribution is -0.160. The maximum absolute atomic E-state index is 12.2. The monoisotopic (exact) mass is 361 g/mol. The van der Waals surface area contributed by atoms with Crippen molar-refractivity contribution < 1.29 is 18.8 Å². The fourth-order valence-electron chi connectivity index (χ4n) is 2.69. The van der Waals surface area contributed by atoms with Gasteiger partial charge in [0.2, 0.25) is 5.82 Å². The molecule has 0 aromatic carbocycles. The molecule has 2 aromatic rings. The molecule has 1 saturated heterocycles. The molecule has 0 radical (unpaired) electrons. The lowest BCUT2D eigenvalue weighted by atomic mass is 9.97. The van der Waals surface area contributed by atoms with Gasteiger partial charge in [-0.3, -0.25) is 4.79 Å². The van der Waals surface area contributed by atoms with Crippen LogP contribution in [0.3, 0.4) is 0 Å². The second kappa shape index (κ2) is 7.27. The summed E-state index contributed by atoms with van der Waals surface area (Å²) in [5, 5.41) is 3.98. The molecule has 2 aromatic heterocycles. The van der Waals surface area contributed by atoms with Crippen molar-refractivity contribution in [3.63, 3.8) is 0 Å². The zero-order valence-corrected chi connectivity index (χ0v) is 15.4. The molecular weight excluding hydrogens is 338 g/mol. The van der Waals surface area contributed by atoms with E-state index in [1.807, 2.05) is 25.7 Å². The van der Waals surface area contributed by atoms with E-state index in [0.29, 0.717) is 43.3 Å². The van der Waals surface area contributed by atoms with Crippen molar-refractivity contribution in [1.29, 1.82) is 0 Å². The minimum Gasteiger partial charge on any atom is -0.467 e. The van der Waals surface area contributed by atoms with Gasteiger partial charge in [-0.25, -0.2) is 9.97 Å². The first-order chi connectivity index (χ1) is 12.4. The molecule has 0 unspecified atom stereocenters. The van der Waals surface area contributed by atoms with E-state index >= 15 is 0 Å². The molecule has 140 valence electrons. The molecule has 0 bridgehead atoms. The fourth-order valence-corrected chi connectivity index (χ4v) is 2.69. The molecule has 1 aliphatic rings. The van der Waals surface area contributed by atoms with Gasteiger partial charge in [0.25, 0.3) is 0 Å². The van der Waals surface area contributed by atoms with Crippen LogP contribution in [0, 0.1) is 5.92 Å². The number of ether oxygens (including phenoxy) is 2. The van der Waals surface area contributed by atoms with Crippen molar-refractivity contribution in [2.45, 2.75) is 39.2 Å². The number of esters is 1. The number of carbonyl (C=O) groups excluding carboxylic acids is 1. The third-order valence-corrected chi connectivity index (χ3v) is 3.99. The highest BCUT2D eigenvalue weighted by Gasteiger charge is 2.30. The Hall–Kier alpha value is -2.71. The van der Waals surface area contributed by atoms with Gasteiger partial charge in [0, 0.05) is 25.5 Å². The number of hydrogen-bond acceptors (Lipinski definition) is 9. The first-order valence-electron chi connectivity index (χ1n) is 8.53. The number of aromatic nitrogens is 4. The molecule has 0 atom stereocenters. The van der Waals surface area contributed by atoms with Crippen LogP contribution < -0.4 is 9.64 Å². The lowest BCUT2D eigenvalue weighted by Crippen LogP contribution is -2.39. The van der Waals surface area contributed by atoms with E-state index in [9.17, 15) is 4.79 Å². The van der Waals surface area contributed by atoms with Crippen molar-refractivity contribution in [3.05, 3.63) is 12.4 Å². The summed E-state index contributed by atoms with van der Waals surface area (Å²) in [6.45, 7) is 6.95. The van der Waals surface area contributed by atoms with Gasteiger partial charge in [-0.1, -0.05) is 5.16 Å². The summed E-state index contributed by atoms with van der Waals surface area (Å²) in [4.78, 5) is 26.6. The summed E-state index contributed by atoms with van der Waals surface area (Å²) in [6.07, 6.45) is 4.54. The standard InChI is InChI=1S/C17H23N5O4/c1-17(2,3)25-14(23)11-5-7-22(8-6-11)16-20-13(21-26-16)12-9-18-15(24-4)19-10-12/h9-11H,5-8H2,1-4H3. The van der Waals surface area contributed by atoms with E-state index in [2.05, 4.69) is 20.1 Å². The van der Waals surface area contributed by atoms with Crippen LogP contribution in [-0.4, -0.2) is 51.9 Å². The molecule has 3 heterocycles. The maximum Gasteiger partial charge on any atom is 0.324 e. The summed E-state index contributed by atoms with van der Waals surface area (Å²) in [7, 11) is 1.50. The Morgan fingerprint density at radius 2 is 1.88 bits per heavy atom. The minimum atomic E-state index is -0.462. The quantitative estimate of drug-likeness (QED) is 0.757. The van der Waals surface area contributed by atoms with Gasteiger partial charge in [-0.2, -0.15) is 4.98 Å². The third-order valence-electron chi connectivity index (χ3n) is 3.99. The number of carbonyl (C=O) groups is 1. The number of piperidine rings is 1. The summed E-state index contributed by atoms with van der Waals surface area (Å²) in [6, 6.07) is 0.708. The van der Waals surface area contributed by atoms with Gasteiger partial charge >= 0.3 is 18.0 Å². The largest absolute Gasteiger partial charge is 0.467 e. The minimum absolute atomic E-state index is 0.0946. The van der Waals surface area contributed by atoms with Crippen LogP contribution in [0.2, 0.25) is 0 Å². The molecule has 0 aliphatic carbocycles. The van der Waals surface area contributed by atoms with E-state index in [1.54, 1.807) is 12.4 Å². The predicted octanol–water partition coefficient (Wildman–Crippen LogP) is 2.09. The van der Waals surface area contributed by atoms with Crippen LogP contribution in [0.15, 0.2) is 16.9 Å². The van der Waals surface area contributed by atoms with E-state index in [-0.39, 0.29) is 17.9 Å². The van der Waals surface area contributed by atoms with Gasteiger partial charge in [0.1, 0.15) is 5.60 Å². The first-order valence-corrected chi connectivity index (χ1v) is 8.53. The van der Waals surface area contributed by atoms with E-state index in [0.717, 1.165) is 0 Å². The van der Waals surface area contributed by atoms with Crippen molar-refractivity contribution in [1.82, 2.24) is 20.1 Å². The average Bonchev–Trinajstić information content (AvgIpc) is 3.10. The smallest absolute Gasteiger partial charge is 0.324 e. The molecule has 26 heavy (non-hydrogen) atoms. The lowest BCUT2D eigenvalue weighted by Gasteiger charge is -2.31. The van der Waals surface area contributed by atoms with Crippen LogP contribution in [0.4, 0.5) is 6.01 Å². The van der Waals surface area contributed by atoms with Gasteiger partial charge < -0.3 is 18.9 Å². The van der Waals surface area contributed by atoms with Crippen LogP contribution in [0.25, 0.3) is 11.4 Å². The molecule has 1 aliphatic heterocycles.